The Morgan fingerprint density at radius 2 is 1.89 bits per heavy atom. The van der Waals surface area contributed by atoms with E-state index in [4.69, 9.17) is 23.2 Å². The van der Waals surface area contributed by atoms with Crippen LogP contribution in [0, 0.1) is 0 Å². The van der Waals surface area contributed by atoms with Gasteiger partial charge in [-0.15, -0.1) is 24.0 Å². The normalized spacial score (nSPS) is 13.7. The Labute approximate surface area is 190 Å². The summed E-state index contributed by atoms with van der Waals surface area (Å²) in [5, 5.41) is 7.52. The molecule has 0 heterocycles. The van der Waals surface area contributed by atoms with Gasteiger partial charge in [-0.2, -0.15) is 0 Å². The Kier molecular flexibility index (Phi) is 11.6. The highest BCUT2D eigenvalue weighted by Crippen LogP contribution is 2.30. The predicted octanol–water partition coefficient (Wildman–Crippen LogP) is 4.27. The van der Waals surface area contributed by atoms with Gasteiger partial charge < -0.3 is 10.6 Å². The number of hydrogen-bond acceptors (Lipinski definition) is 3. The lowest BCUT2D eigenvalue weighted by Gasteiger charge is -2.25. The van der Waals surface area contributed by atoms with Gasteiger partial charge in [-0.05, 0) is 38.0 Å². The first-order valence-corrected chi connectivity index (χ1v) is 11.4. The summed E-state index contributed by atoms with van der Waals surface area (Å²) in [6.45, 7) is 9.38. The fraction of sp³-hybridized carbons (Fsp3) is 0.611. The zero-order valence-corrected chi connectivity index (χ0v) is 21.1. The third-order valence-electron chi connectivity index (χ3n) is 3.98. The maximum Gasteiger partial charge on any atom is 0.191 e. The molecule has 0 aliphatic carbocycles. The maximum absolute atomic E-state index is 11.3. The minimum Gasteiger partial charge on any atom is -0.357 e. The van der Waals surface area contributed by atoms with Gasteiger partial charge in [0.1, 0.15) is 9.84 Å². The number of aliphatic imine (C=N–C) groups is 1. The van der Waals surface area contributed by atoms with Crippen LogP contribution in [0.4, 0.5) is 0 Å². The van der Waals surface area contributed by atoms with E-state index >= 15 is 0 Å². The SMILES string of the molecule is CCNC(=NCC(C)(C)c1ccc(Cl)c(Cl)c1)NC(C)CCS(C)(=O)=O.I. The van der Waals surface area contributed by atoms with E-state index in [1.807, 2.05) is 26.0 Å². The average Bonchev–Trinajstić information content (AvgIpc) is 2.53. The Hall–Kier alpha value is -0.250. The zero-order chi connectivity index (χ0) is 20.0. The van der Waals surface area contributed by atoms with Crippen molar-refractivity contribution < 1.29 is 8.42 Å². The molecule has 1 aromatic rings. The Bertz CT molecular complexity index is 740. The quantitative estimate of drug-likeness (QED) is 0.288. The third kappa shape index (κ3) is 10.2. The molecule has 0 spiro atoms. The minimum absolute atomic E-state index is 0. The van der Waals surface area contributed by atoms with Crippen molar-refractivity contribution in [3.05, 3.63) is 33.8 Å². The lowest BCUT2D eigenvalue weighted by molar-refractivity contribution is 0.533. The molecule has 0 saturated heterocycles. The predicted molar refractivity (Wildman–Crippen MR) is 128 cm³/mol. The van der Waals surface area contributed by atoms with Crippen LogP contribution in [0.2, 0.25) is 10.0 Å². The van der Waals surface area contributed by atoms with E-state index in [0.717, 1.165) is 12.1 Å². The molecule has 0 aliphatic rings. The Morgan fingerprint density at radius 3 is 2.41 bits per heavy atom. The van der Waals surface area contributed by atoms with Crippen molar-refractivity contribution in [1.82, 2.24) is 10.6 Å². The summed E-state index contributed by atoms with van der Waals surface area (Å²) >= 11 is 12.1. The first-order chi connectivity index (χ1) is 11.9. The van der Waals surface area contributed by atoms with Crippen LogP contribution in [0.3, 0.4) is 0 Å². The van der Waals surface area contributed by atoms with Crippen molar-refractivity contribution in [3.8, 4) is 0 Å². The standard InChI is InChI=1S/C18H29Cl2N3O2S.HI/c1-6-21-17(23-13(2)9-10-26(5,24)25)22-12-18(3,4)14-7-8-15(19)16(20)11-14;/h7-8,11,13H,6,9-10,12H2,1-5H3,(H2,21,22,23);1H. The summed E-state index contributed by atoms with van der Waals surface area (Å²) in [7, 11) is -2.97. The number of nitrogens with one attached hydrogen (secondary N) is 2. The van der Waals surface area contributed by atoms with Gasteiger partial charge in [0.15, 0.2) is 5.96 Å². The third-order valence-corrected chi connectivity index (χ3v) is 5.70. The van der Waals surface area contributed by atoms with Gasteiger partial charge in [0.05, 0.1) is 22.3 Å². The molecule has 5 nitrogen and oxygen atoms in total. The zero-order valence-electron chi connectivity index (χ0n) is 16.5. The van der Waals surface area contributed by atoms with E-state index in [0.29, 0.717) is 29.0 Å². The van der Waals surface area contributed by atoms with E-state index in [1.54, 1.807) is 6.07 Å². The number of nitrogens with zero attached hydrogens (tertiary/aromatic N) is 1. The van der Waals surface area contributed by atoms with Crippen LogP contribution in [0.5, 0.6) is 0 Å². The molecule has 0 aromatic heterocycles. The maximum atomic E-state index is 11.3. The number of benzene rings is 1. The summed E-state index contributed by atoms with van der Waals surface area (Å²) in [5.41, 5.74) is 0.823. The van der Waals surface area contributed by atoms with Gasteiger partial charge in [0, 0.05) is 24.3 Å². The second-order valence-electron chi connectivity index (χ2n) is 7.17. The lowest BCUT2D eigenvalue weighted by Crippen LogP contribution is -2.43. The number of guanidine groups is 1. The van der Waals surface area contributed by atoms with Gasteiger partial charge in [0.2, 0.25) is 0 Å². The molecule has 27 heavy (non-hydrogen) atoms. The molecule has 1 aromatic carbocycles. The highest BCUT2D eigenvalue weighted by molar-refractivity contribution is 14.0. The highest BCUT2D eigenvalue weighted by atomic mass is 127. The van der Waals surface area contributed by atoms with Gasteiger partial charge in [-0.3, -0.25) is 4.99 Å². The molecular weight excluding hydrogens is 520 g/mol. The van der Waals surface area contributed by atoms with Gasteiger partial charge >= 0.3 is 0 Å². The summed E-state index contributed by atoms with van der Waals surface area (Å²) in [5.74, 6) is 0.816. The van der Waals surface area contributed by atoms with E-state index in [2.05, 4.69) is 29.5 Å². The second-order valence-corrected chi connectivity index (χ2v) is 10.2. The van der Waals surface area contributed by atoms with Crippen molar-refractivity contribution in [3.63, 3.8) is 0 Å². The number of hydrogen-bond donors (Lipinski definition) is 2. The van der Waals surface area contributed by atoms with Crippen molar-refractivity contribution >= 4 is 63.0 Å². The molecule has 0 amide bonds. The van der Waals surface area contributed by atoms with Crippen molar-refractivity contribution in [2.45, 2.75) is 45.6 Å². The van der Waals surface area contributed by atoms with E-state index in [1.165, 1.54) is 6.26 Å². The van der Waals surface area contributed by atoms with Crippen LogP contribution in [0.25, 0.3) is 0 Å². The molecule has 1 rings (SSSR count). The van der Waals surface area contributed by atoms with Crippen LogP contribution >= 0.6 is 47.2 Å². The Morgan fingerprint density at radius 1 is 1.26 bits per heavy atom. The first kappa shape index (κ1) is 26.8. The second kappa shape index (κ2) is 11.7. The van der Waals surface area contributed by atoms with Crippen molar-refractivity contribution in [1.29, 1.82) is 0 Å². The molecule has 1 unspecified atom stereocenters. The topological polar surface area (TPSA) is 70.6 Å². The Balaban J connectivity index is 0.00000676. The molecule has 1 atom stereocenters. The summed E-state index contributed by atoms with van der Waals surface area (Å²) in [6, 6.07) is 5.62. The number of sulfone groups is 1. The number of rotatable bonds is 8. The molecular formula is C18H30Cl2IN3O2S. The fourth-order valence-electron chi connectivity index (χ4n) is 2.30. The van der Waals surface area contributed by atoms with Gasteiger partial charge in [0.25, 0.3) is 0 Å². The van der Waals surface area contributed by atoms with E-state index in [9.17, 15) is 8.42 Å². The van der Waals surface area contributed by atoms with E-state index < -0.39 is 9.84 Å². The molecule has 2 N–H and O–H groups in total. The monoisotopic (exact) mass is 549 g/mol. The molecule has 0 saturated carbocycles. The molecule has 0 bridgehead atoms. The van der Waals surface area contributed by atoms with Crippen molar-refractivity contribution in [2.24, 2.45) is 4.99 Å². The molecule has 0 radical (unpaired) electrons. The van der Waals surface area contributed by atoms with E-state index in [-0.39, 0.29) is 41.2 Å². The highest BCUT2D eigenvalue weighted by Gasteiger charge is 2.21. The molecule has 9 heteroatoms. The molecule has 156 valence electrons. The summed E-state index contributed by atoms with van der Waals surface area (Å²) in [4.78, 5) is 4.67. The van der Waals surface area contributed by atoms with Crippen LogP contribution in [-0.4, -0.2) is 45.5 Å². The minimum atomic E-state index is -2.97. The van der Waals surface area contributed by atoms with Gasteiger partial charge in [-0.1, -0.05) is 43.1 Å². The van der Waals surface area contributed by atoms with Crippen LogP contribution in [0.1, 0.15) is 39.7 Å². The average molecular weight is 550 g/mol. The first-order valence-electron chi connectivity index (χ1n) is 8.62. The van der Waals surface area contributed by atoms with Gasteiger partial charge in [-0.25, -0.2) is 8.42 Å². The summed E-state index contributed by atoms with van der Waals surface area (Å²) in [6.07, 6.45) is 1.78. The van der Waals surface area contributed by atoms with Crippen LogP contribution in [0.15, 0.2) is 23.2 Å². The lowest BCUT2D eigenvalue weighted by atomic mass is 9.85. The largest absolute Gasteiger partial charge is 0.357 e. The summed E-state index contributed by atoms with van der Waals surface area (Å²) < 4.78 is 22.6. The number of halogens is 3. The smallest absolute Gasteiger partial charge is 0.191 e. The molecule has 0 fully saturated rings. The van der Waals surface area contributed by atoms with Crippen LogP contribution < -0.4 is 10.6 Å². The van der Waals surface area contributed by atoms with Crippen molar-refractivity contribution in [2.75, 3.05) is 25.1 Å². The fourth-order valence-corrected chi connectivity index (χ4v) is 3.38. The van der Waals surface area contributed by atoms with Crippen LogP contribution in [-0.2, 0) is 15.3 Å². The molecule has 0 aliphatic heterocycles.